The van der Waals surface area contributed by atoms with E-state index in [0.717, 1.165) is 35.3 Å². The highest BCUT2D eigenvalue weighted by atomic mass is 16.5. The third-order valence-electron chi connectivity index (χ3n) is 11.0. The van der Waals surface area contributed by atoms with E-state index in [1.807, 2.05) is 165 Å². The van der Waals surface area contributed by atoms with E-state index in [2.05, 4.69) is 138 Å². The van der Waals surface area contributed by atoms with Gasteiger partial charge in [0.25, 0.3) is 0 Å². The van der Waals surface area contributed by atoms with Crippen LogP contribution in [0.1, 0.15) is 109 Å². The van der Waals surface area contributed by atoms with Crippen LogP contribution in [-0.4, -0.2) is 51.4 Å². The summed E-state index contributed by atoms with van der Waals surface area (Å²) < 4.78 is 35.6. The van der Waals surface area contributed by atoms with Gasteiger partial charge in [0.05, 0.1) is 77.0 Å². The lowest BCUT2D eigenvalue weighted by Crippen LogP contribution is -2.41. The van der Waals surface area contributed by atoms with Crippen molar-refractivity contribution in [3.8, 4) is 0 Å². The second-order valence-electron chi connectivity index (χ2n) is 20.2. The maximum atomic E-state index is 11.7. The fourth-order valence-electron chi connectivity index (χ4n) is 7.18. The number of esters is 1. The van der Waals surface area contributed by atoms with Crippen molar-refractivity contribution in [3.05, 3.63) is 388 Å². The summed E-state index contributed by atoms with van der Waals surface area (Å²) in [4.78, 5) is 23.3. The summed E-state index contributed by atoms with van der Waals surface area (Å²) in [6, 6.07) is 78.9. The van der Waals surface area contributed by atoms with Gasteiger partial charge in [0, 0.05) is 5.56 Å². The Balaban J connectivity index is -0.00000122. The zero-order valence-corrected chi connectivity index (χ0v) is 58.6. The van der Waals surface area contributed by atoms with Crippen LogP contribution in [0, 0.1) is 5.41 Å². The van der Waals surface area contributed by atoms with Gasteiger partial charge in [0.15, 0.2) is 12.4 Å². The van der Waals surface area contributed by atoms with Crippen molar-refractivity contribution in [3.63, 3.8) is 0 Å². The molecule has 95 heavy (non-hydrogen) atoms. The van der Waals surface area contributed by atoms with Crippen LogP contribution < -0.4 is 0 Å². The Hall–Kier alpha value is -9.38. The molecule has 508 valence electrons. The quantitative estimate of drug-likeness (QED) is 0.0242. The van der Waals surface area contributed by atoms with Gasteiger partial charge in [-0.2, -0.15) is 0 Å². The smallest absolute Gasteiger partial charge is 0.338 e. The van der Waals surface area contributed by atoms with E-state index in [-0.39, 0.29) is 12.4 Å². The van der Waals surface area contributed by atoms with Crippen molar-refractivity contribution in [2.75, 3.05) is 39.6 Å². The molecule has 0 aliphatic heterocycles. The molecule has 8 aromatic carbocycles. The molecule has 0 saturated carbocycles. The van der Waals surface area contributed by atoms with Crippen LogP contribution >= 0.6 is 0 Å². The molecule has 0 saturated heterocycles. The normalized spacial score (nSPS) is 9.14. The standard InChI is InChI=1S/C33H36O4.C15H12O3.C15H16O.8C3H6/c1-5-13-29(14-6-1)21-34-25-33(26-35-22-30-15-7-2-8-16-30,27-36-23-31-17-9-3-10-18-31)28-37-24-32-19-11-4-12-20-32;16-14(12-7-3-1-4-8-12)11-18-15(17)13-9-5-2-6-10-13;1-3-7-14(8-4-1)11-12-16-13-15-9-5-2-6-10-15;8*1-3-2/h1-20H,21-28H2;1-10H,11H2;1-10H,11-13H2;8*3H,1H2,2H3. The first-order valence-corrected chi connectivity index (χ1v) is 31.8. The SMILES string of the molecule is C=CC.C=CC.C=CC.C=CC.C=CC.C=CC.C=CC.C=CC.O=C(COC(=O)c1ccccc1)c1ccccc1.c1ccc(CCOCc2ccccc2)cc1.c1ccc(COCC(COCc2ccccc2)(COCc2ccccc2)COCc2ccccc2)cc1. The van der Waals surface area contributed by atoms with Crippen LogP contribution in [0.5, 0.6) is 0 Å². The lowest BCUT2D eigenvalue weighted by molar-refractivity contribution is -0.117. The van der Waals surface area contributed by atoms with Crippen LogP contribution in [0.4, 0.5) is 0 Å². The second-order valence-corrected chi connectivity index (χ2v) is 20.2. The molecule has 0 aliphatic rings. The maximum absolute atomic E-state index is 11.7. The summed E-state index contributed by atoms with van der Waals surface area (Å²) in [6.45, 7) is 47.2. The largest absolute Gasteiger partial charge is 0.454 e. The summed E-state index contributed by atoms with van der Waals surface area (Å²) in [5.41, 5.74) is 7.62. The maximum Gasteiger partial charge on any atom is 0.338 e. The van der Waals surface area contributed by atoms with Crippen molar-refractivity contribution in [1.82, 2.24) is 0 Å². The number of rotatable bonds is 25. The predicted octanol–water partition coefficient (Wildman–Crippen LogP) is 22.6. The minimum absolute atomic E-state index is 0.208. The lowest BCUT2D eigenvalue weighted by atomic mass is 9.92. The molecule has 8 aromatic rings. The molecule has 0 aliphatic carbocycles. The number of carbonyl (C=O) groups excluding carboxylic acids is 2. The van der Waals surface area contributed by atoms with Crippen LogP contribution in [0.25, 0.3) is 0 Å². The number of ether oxygens (including phenoxy) is 6. The highest BCUT2D eigenvalue weighted by Crippen LogP contribution is 2.24. The molecular weight excluding hydrogens is 1170 g/mol. The van der Waals surface area contributed by atoms with E-state index in [9.17, 15) is 9.59 Å². The Morgan fingerprint density at radius 1 is 0.295 bits per heavy atom. The van der Waals surface area contributed by atoms with Gasteiger partial charge in [-0.15, -0.1) is 52.6 Å². The van der Waals surface area contributed by atoms with Crippen molar-refractivity contribution in [2.24, 2.45) is 5.41 Å². The summed E-state index contributed by atoms with van der Waals surface area (Å²) >= 11 is 0. The Morgan fingerprint density at radius 2 is 0.495 bits per heavy atom. The average Bonchev–Trinajstić information content (AvgIpc) is 1.21. The van der Waals surface area contributed by atoms with Crippen molar-refractivity contribution in [2.45, 2.75) is 94.8 Å². The topological polar surface area (TPSA) is 89.5 Å². The van der Waals surface area contributed by atoms with E-state index in [1.54, 1.807) is 97.1 Å². The third-order valence-corrected chi connectivity index (χ3v) is 11.0. The minimum Gasteiger partial charge on any atom is -0.454 e. The summed E-state index contributed by atoms with van der Waals surface area (Å²) in [5, 5.41) is 0. The Morgan fingerprint density at radius 3 is 0.737 bits per heavy atom. The van der Waals surface area contributed by atoms with E-state index in [0.29, 0.717) is 70.6 Å². The summed E-state index contributed by atoms with van der Waals surface area (Å²) in [7, 11) is 0. The van der Waals surface area contributed by atoms with Gasteiger partial charge < -0.3 is 28.4 Å². The van der Waals surface area contributed by atoms with Crippen LogP contribution in [0.3, 0.4) is 0 Å². The molecule has 0 aromatic heterocycles. The van der Waals surface area contributed by atoms with E-state index in [4.69, 9.17) is 28.4 Å². The van der Waals surface area contributed by atoms with Gasteiger partial charge >= 0.3 is 5.97 Å². The molecule has 0 amide bonds. The Labute approximate surface area is 575 Å². The Bertz CT molecular complexity index is 2670. The van der Waals surface area contributed by atoms with Crippen LogP contribution in [0.2, 0.25) is 0 Å². The Kier molecular flexibility index (Phi) is 65.2. The van der Waals surface area contributed by atoms with Gasteiger partial charge in [-0.3, -0.25) is 4.79 Å². The van der Waals surface area contributed by atoms with E-state index in [1.165, 1.54) is 11.1 Å². The molecule has 8 heteroatoms. The number of hydrogen-bond donors (Lipinski definition) is 0. The summed E-state index contributed by atoms with van der Waals surface area (Å²) in [5.74, 6) is -0.695. The highest BCUT2D eigenvalue weighted by molar-refractivity contribution is 5.99. The molecule has 8 rings (SSSR count). The average molecular weight is 1290 g/mol. The van der Waals surface area contributed by atoms with Crippen LogP contribution in [0.15, 0.2) is 344 Å². The lowest BCUT2D eigenvalue weighted by Gasteiger charge is -2.33. The molecule has 0 N–H and O–H groups in total. The number of ketones is 1. The van der Waals surface area contributed by atoms with E-state index >= 15 is 0 Å². The number of carbonyl (C=O) groups is 2. The molecule has 0 spiro atoms. The van der Waals surface area contributed by atoms with Gasteiger partial charge in [-0.25, -0.2) is 4.79 Å². The van der Waals surface area contributed by atoms with Gasteiger partial charge in [0.2, 0.25) is 0 Å². The molecule has 0 unspecified atom stereocenters. The molecule has 0 fully saturated rings. The number of benzene rings is 8. The van der Waals surface area contributed by atoms with Gasteiger partial charge in [0.1, 0.15) is 0 Å². The first-order valence-electron chi connectivity index (χ1n) is 31.8. The number of allylic oxidation sites excluding steroid dienone is 8. The first kappa shape index (κ1) is 89.8. The minimum atomic E-state index is -0.486. The summed E-state index contributed by atoms with van der Waals surface area (Å²) in [6.07, 6.45) is 15.0. The number of Topliss-reactive ketones (excluding diaryl/α,β-unsaturated/α-hetero) is 1. The van der Waals surface area contributed by atoms with Gasteiger partial charge in [-0.05, 0) is 107 Å². The number of hydrogen-bond acceptors (Lipinski definition) is 8. The zero-order chi connectivity index (χ0) is 70.9. The van der Waals surface area contributed by atoms with Crippen molar-refractivity contribution >= 4 is 11.8 Å². The first-order chi connectivity index (χ1) is 46.3. The second kappa shape index (κ2) is 69.0. The van der Waals surface area contributed by atoms with Crippen molar-refractivity contribution in [1.29, 1.82) is 0 Å². The fourth-order valence-corrected chi connectivity index (χ4v) is 7.18. The molecular formula is C87H112O8. The predicted molar refractivity (Wildman–Crippen MR) is 408 cm³/mol. The molecule has 0 bridgehead atoms. The molecule has 8 nitrogen and oxygen atoms in total. The molecule has 0 radical (unpaired) electrons. The van der Waals surface area contributed by atoms with Gasteiger partial charge in [-0.1, -0.05) is 279 Å². The molecule has 0 heterocycles. The third kappa shape index (κ3) is 54.9. The van der Waals surface area contributed by atoms with Crippen molar-refractivity contribution < 1.29 is 38.0 Å². The zero-order valence-electron chi connectivity index (χ0n) is 58.6. The monoisotopic (exact) mass is 1280 g/mol. The highest BCUT2D eigenvalue weighted by Gasteiger charge is 2.33. The van der Waals surface area contributed by atoms with E-state index < -0.39 is 11.4 Å². The van der Waals surface area contributed by atoms with Crippen LogP contribution in [-0.2, 0) is 67.9 Å². The fraction of sp³-hybridized carbons (Fsp3) is 0.241. The molecule has 0 atom stereocenters.